The molecule has 2 aromatic rings. The normalized spacial score (nSPS) is 15.4. The number of alkyl halides is 3. The highest BCUT2D eigenvalue weighted by atomic mass is 35.5. The van der Waals surface area contributed by atoms with E-state index in [-0.39, 0.29) is 22.8 Å². The van der Waals surface area contributed by atoms with Crippen LogP contribution >= 0.6 is 12.4 Å². The number of fused-ring (bicyclic) bond motifs is 1. The summed E-state index contributed by atoms with van der Waals surface area (Å²) in [5, 5.41) is 26.5. The number of nitrogens with two attached hydrogens (primary N) is 1. The summed E-state index contributed by atoms with van der Waals surface area (Å²) in [6.45, 7) is 2.71. The Hall–Kier alpha value is -2.44. The van der Waals surface area contributed by atoms with Crippen LogP contribution in [-0.4, -0.2) is 37.0 Å². The monoisotopic (exact) mass is 439 g/mol. The Bertz CT molecular complexity index is 949. The van der Waals surface area contributed by atoms with Gasteiger partial charge in [0.15, 0.2) is 5.82 Å². The van der Waals surface area contributed by atoms with Gasteiger partial charge in [0.2, 0.25) is 5.78 Å². The second-order valence-electron chi connectivity index (χ2n) is 6.38. The summed E-state index contributed by atoms with van der Waals surface area (Å²) < 4.78 is 53.9. The zero-order chi connectivity index (χ0) is 20.8. The van der Waals surface area contributed by atoms with Crippen LogP contribution in [0.3, 0.4) is 0 Å². The molecule has 29 heavy (non-hydrogen) atoms. The van der Waals surface area contributed by atoms with Gasteiger partial charge in [-0.25, -0.2) is 9.40 Å². The highest BCUT2D eigenvalue weighted by Gasteiger charge is 2.51. The number of anilines is 1. The number of aromatic nitrogens is 2. The molecule has 2 N–H and O–H groups in total. The van der Waals surface area contributed by atoms with Gasteiger partial charge in [0, 0.05) is 38.7 Å². The quantitative estimate of drug-likeness (QED) is 0.254. The first kappa shape index (κ1) is 22.8. The predicted octanol–water partition coefficient (Wildman–Crippen LogP) is 1.27. The molecule has 3 rings (SSSR count). The Morgan fingerprint density at radius 2 is 1.69 bits per heavy atom. The third kappa shape index (κ3) is 4.00. The van der Waals surface area contributed by atoms with Crippen LogP contribution in [0.1, 0.15) is 29.5 Å². The van der Waals surface area contributed by atoms with Gasteiger partial charge in [0.1, 0.15) is 0 Å². The van der Waals surface area contributed by atoms with E-state index < -0.39 is 51.3 Å². The van der Waals surface area contributed by atoms with Crippen molar-refractivity contribution in [1.29, 1.82) is 0 Å². The first-order valence-corrected chi connectivity index (χ1v) is 8.43. The fourth-order valence-corrected chi connectivity index (χ4v) is 3.17. The van der Waals surface area contributed by atoms with Crippen molar-refractivity contribution in [2.24, 2.45) is 5.84 Å². The molecule has 1 aromatic heterocycles. The van der Waals surface area contributed by atoms with Crippen LogP contribution in [0, 0.1) is 16.2 Å². The first-order chi connectivity index (χ1) is 13.1. The molecule has 1 fully saturated rings. The lowest BCUT2D eigenvalue weighted by molar-refractivity contribution is -0.647. The summed E-state index contributed by atoms with van der Waals surface area (Å²) >= 11 is 0. The third-order valence-electron chi connectivity index (χ3n) is 4.62. The molecule has 1 aliphatic rings. The molecule has 13 heteroatoms. The highest BCUT2D eigenvalue weighted by molar-refractivity contribution is 5.94. The summed E-state index contributed by atoms with van der Waals surface area (Å²) in [7, 11) is 0. The van der Waals surface area contributed by atoms with Crippen LogP contribution in [-0.2, 0) is 6.18 Å². The number of Topliss-reactive ketones (excluding diaryl/α,β-unsaturated/α-hetero) is 1. The molecule has 160 valence electrons. The van der Waals surface area contributed by atoms with Crippen molar-refractivity contribution >= 4 is 34.9 Å². The van der Waals surface area contributed by atoms with E-state index in [0.29, 0.717) is 32.2 Å². The van der Waals surface area contributed by atoms with E-state index in [2.05, 4.69) is 0 Å². The lowest BCUT2D eigenvalue weighted by atomic mass is 10.1. The van der Waals surface area contributed by atoms with E-state index >= 15 is 0 Å². The number of ketones is 1. The number of hydrazine groups is 1. The molecule has 0 atom stereocenters. The van der Waals surface area contributed by atoms with Crippen molar-refractivity contribution < 1.29 is 31.8 Å². The van der Waals surface area contributed by atoms with Crippen molar-refractivity contribution in [3.8, 4) is 0 Å². The SMILES string of the molecule is CCC(=O)c1c(C(F)(F)F)[n+]([O-])c2cc(F)c(N3CCN(N)CC3)cc2[n+]1[O-].Cl. The Morgan fingerprint density at radius 3 is 2.21 bits per heavy atom. The molecular formula is C16H18ClF4N5O3. The number of hydrogen-bond donors (Lipinski definition) is 1. The molecule has 0 saturated carbocycles. The maximum atomic E-state index is 14.6. The van der Waals surface area contributed by atoms with Crippen LogP contribution in [0.25, 0.3) is 11.0 Å². The number of carbonyl (C=O) groups excluding carboxylic acids is 1. The molecule has 1 saturated heterocycles. The summed E-state index contributed by atoms with van der Waals surface area (Å²) in [6.07, 6.45) is -5.68. The average molecular weight is 440 g/mol. The molecule has 1 aromatic carbocycles. The van der Waals surface area contributed by atoms with Crippen molar-refractivity contribution in [1.82, 2.24) is 5.01 Å². The molecule has 0 unspecified atom stereocenters. The molecule has 0 spiro atoms. The number of carbonyl (C=O) groups is 1. The smallest absolute Gasteiger partial charge is 0.486 e. The topological polar surface area (TPSA) is 103 Å². The number of nitrogens with zero attached hydrogens (tertiary/aromatic N) is 4. The first-order valence-electron chi connectivity index (χ1n) is 8.43. The second-order valence-corrected chi connectivity index (χ2v) is 6.38. The Labute approximate surface area is 168 Å². The largest absolute Gasteiger partial charge is 0.618 e. The summed E-state index contributed by atoms with van der Waals surface area (Å²) in [6, 6.07) is 1.57. The van der Waals surface area contributed by atoms with Gasteiger partial charge < -0.3 is 15.3 Å². The molecule has 1 aliphatic heterocycles. The van der Waals surface area contributed by atoms with Crippen molar-refractivity contribution in [2.75, 3.05) is 31.1 Å². The van der Waals surface area contributed by atoms with Crippen molar-refractivity contribution in [3.63, 3.8) is 0 Å². The van der Waals surface area contributed by atoms with Crippen molar-refractivity contribution in [2.45, 2.75) is 19.5 Å². The number of halogens is 5. The predicted molar refractivity (Wildman–Crippen MR) is 96.7 cm³/mol. The molecule has 2 heterocycles. The zero-order valence-electron chi connectivity index (χ0n) is 15.2. The van der Waals surface area contributed by atoms with Gasteiger partial charge in [-0.15, -0.1) is 17.1 Å². The van der Waals surface area contributed by atoms with Gasteiger partial charge >= 0.3 is 17.6 Å². The van der Waals surface area contributed by atoms with E-state index in [1.165, 1.54) is 11.9 Å². The number of benzene rings is 1. The number of hydrogen-bond acceptors (Lipinski definition) is 6. The minimum Gasteiger partial charge on any atom is -0.618 e. The average Bonchev–Trinajstić information content (AvgIpc) is 2.63. The molecule has 8 nitrogen and oxygen atoms in total. The van der Waals surface area contributed by atoms with E-state index in [0.717, 1.165) is 6.07 Å². The maximum Gasteiger partial charge on any atom is 0.486 e. The fourth-order valence-electron chi connectivity index (χ4n) is 3.17. The van der Waals surface area contributed by atoms with Gasteiger partial charge in [-0.05, 0) is 0 Å². The minimum atomic E-state index is -5.27. The number of piperazine rings is 1. The van der Waals surface area contributed by atoms with Crippen LogP contribution in [0.15, 0.2) is 12.1 Å². The van der Waals surface area contributed by atoms with Crippen LogP contribution in [0.4, 0.5) is 23.2 Å². The van der Waals surface area contributed by atoms with E-state index in [4.69, 9.17) is 5.84 Å². The Balaban J connectivity index is 0.00000300. The third-order valence-corrected chi connectivity index (χ3v) is 4.62. The standard InChI is InChI=1S/C16H17F4N5O3.ClH/c1-2-13(26)14-15(16(18,19)20)25(28)11-7-9(17)10(8-12(11)24(14)27)22-3-5-23(21)6-4-22;/h7-8H,2-6,21H2,1H3;1H. The highest BCUT2D eigenvalue weighted by Crippen LogP contribution is 2.31. The van der Waals surface area contributed by atoms with Crippen LogP contribution in [0.5, 0.6) is 0 Å². The minimum absolute atomic E-state index is 0. The Morgan fingerprint density at radius 1 is 1.14 bits per heavy atom. The molecule has 0 aliphatic carbocycles. The van der Waals surface area contributed by atoms with Crippen LogP contribution in [0.2, 0.25) is 0 Å². The summed E-state index contributed by atoms with van der Waals surface area (Å²) in [4.78, 5) is 13.6. The second kappa shape index (κ2) is 8.13. The molecule has 0 amide bonds. The lowest BCUT2D eigenvalue weighted by Crippen LogP contribution is -2.51. The van der Waals surface area contributed by atoms with Gasteiger partial charge in [-0.1, -0.05) is 6.92 Å². The van der Waals surface area contributed by atoms with Gasteiger partial charge in [-0.2, -0.15) is 17.9 Å². The number of rotatable bonds is 3. The zero-order valence-corrected chi connectivity index (χ0v) is 16.0. The van der Waals surface area contributed by atoms with Gasteiger partial charge in [0.05, 0.1) is 11.8 Å². The van der Waals surface area contributed by atoms with Crippen LogP contribution < -0.4 is 20.2 Å². The summed E-state index contributed by atoms with van der Waals surface area (Å²) in [5.74, 6) is 3.55. The Kier molecular flexibility index (Phi) is 6.40. The molecule has 0 bridgehead atoms. The fraction of sp³-hybridized carbons (Fsp3) is 0.438. The lowest BCUT2D eigenvalue weighted by Gasteiger charge is -2.33. The molecular weight excluding hydrogens is 422 g/mol. The maximum absolute atomic E-state index is 14.6. The van der Waals surface area contributed by atoms with Gasteiger partial charge in [0.25, 0.3) is 11.0 Å². The van der Waals surface area contributed by atoms with E-state index in [1.807, 2.05) is 0 Å². The molecule has 0 radical (unpaired) electrons. The summed E-state index contributed by atoms with van der Waals surface area (Å²) in [5.41, 5.74) is -4.65. The van der Waals surface area contributed by atoms with E-state index in [1.54, 1.807) is 4.90 Å². The van der Waals surface area contributed by atoms with Gasteiger partial charge in [-0.3, -0.25) is 10.6 Å². The van der Waals surface area contributed by atoms with E-state index in [9.17, 15) is 32.8 Å². The van der Waals surface area contributed by atoms with Crippen molar-refractivity contribution in [3.05, 3.63) is 39.8 Å².